The van der Waals surface area contributed by atoms with Gasteiger partial charge in [-0.15, -0.1) is 0 Å². The number of rotatable bonds is 9. The molecule has 9 nitrogen and oxygen atoms in total. The van der Waals surface area contributed by atoms with Crippen LogP contribution in [0.3, 0.4) is 0 Å². The van der Waals surface area contributed by atoms with Crippen LogP contribution in [-0.4, -0.2) is 44.5 Å². The van der Waals surface area contributed by atoms with Gasteiger partial charge in [0, 0.05) is 30.6 Å². The Balaban J connectivity index is 1.44. The summed E-state index contributed by atoms with van der Waals surface area (Å²) in [5.74, 6) is 0.431. The fourth-order valence-corrected chi connectivity index (χ4v) is 7.30. The number of aromatic nitrogens is 1. The van der Waals surface area contributed by atoms with Crippen LogP contribution in [0.5, 0.6) is 23.0 Å². The number of benzene rings is 4. The lowest BCUT2D eigenvalue weighted by molar-refractivity contribution is 0.210. The van der Waals surface area contributed by atoms with Gasteiger partial charge in [-0.05, 0) is 54.4 Å². The molecule has 0 saturated carbocycles. The summed E-state index contributed by atoms with van der Waals surface area (Å²) < 4.78 is 61.8. The minimum Gasteiger partial charge on any atom is -0.493 e. The van der Waals surface area contributed by atoms with Gasteiger partial charge in [-0.25, -0.2) is 21.9 Å². The normalized spacial score (nSPS) is 16.4. The van der Waals surface area contributed by atoms with Crippen molar-refractivity contribution in [3.05, 3.63) is 120 Å². The predicted octanol–water partition coefficient (Wildman–Crippen LogP) is 6.34. The number of ether oxygens (including phenoxy) is 3. The van der Waals surface area contributed by atoms with E-state index in [4.69, 9.17) is 14.2 Å². The van der Waals surface area contributed by atoms with Gasteiger partial charge in [0.25, 0.3) is 10.0 Å². The zero-order chi connectivity index (χ0) is 31.8. The van der Waals surface area contributed by atoms with Crippen LogP contribution in [-0.2, 0) is 22.0 Å². The quantitative estimate of drug-likeness (QED) is 0.203. The summed E-state index contributed by atoms with van der Waals surface area (Å²) in [4.78, 5) is 17.7. The summed E-state index contributed by atoms with van der Waals surface area (Å²) in [7, 11) is -1.32. The zero-order valence-electron chi connectivity index (χ0n) is 24.8. The van der Waals surface area contributed by atoms with Gasteiger partial charge in [-0.2, -0.15) is 0 Å². The molecule has 1 aliphatic rings. The third-order valence-corrected chi connectivity index (χ3v) is 9.76. The molecule has 11 heteroatoms. The summed E-state index contributed by atoms with van der Waals surface area (Å²) in [6.45, 7) is 1.77. The number of sulfonamides is 1. The molecule has 5 aromatic rings. The van der Waals surface area contributed by atoms with Crippen molar-refractivity contribution in [2.75, 3.05) is 20.8 Å². The van der Waals surface area contributed by atoms with Crippen LogP contribution >= 0.6 is 0 Å². The first-order chi connectivity index (χ1) is 21.7. The van der Waals surface area contributed by atoms with Crippen molar-refractivity contribution in [3.63, 3.8) is 0 Å². The number of aryl methyl sites for hydroxylation is 1. The van der Waals surface area contributed by atoms with Gasteiger partial charge in [0.2, 0.25) is 0 Å². The van der Waals surface area contributed by atoms with Crippen molar-refractivity contribution in [2.24, 2.45) is 0 Å². The van der Waals surface area contributed by atoms with Gasteiger partial charge < -0.3 is 19.5 Å². The molecule has 1 N–H and O–H groups in total. The molecule has 230 valence electrons. The van der Waals surface area contributed by atoms with Crippen molar-refractivity contribution in [3.8, 4) is 23.0 Å². The molecule has 0 spiro atoms. The van der Waals surface area contributed by atoms with E-state index in [1.165, 1.54) is 44.7 Å². The number of urea groups is 1. The third kappa shape index (κ3) is 5.40. The number of nitrogens with one attached hydrogen (secondary N) is 1. The average Bonchev–Trinajstić information content (AvgIpc) is 3.39. The SMILES string of the molecule is COc1cc2nccc(Oc3ccc(C4(Cc5ccccc5)CNC(=O)N4S(=O)(=O)c4ccc(C)cc4)cc3F)c2cc1OC. The second-order valence-electron chi connectivity index (χ2n) is 10.7. The molecular formula is C34H30FN3O6S. The number of hydrogen-bond donors (Lipinski definition) is 1. The molecule has 1 unspecified atom stereocenters. The molecule has 6 rings (SSSR count). The van der Waals surface area contributed by atoms with Gasteiger partial charge in [0.15, 0.2) is 23.1 Å². The Hall–Kier alpha value is -5.16. The van der Waals surface area contributed by atoms with Crippen molar-refractivity contribution in [1.82, 2.24) is 14.6 Å². The number of methoxy groups -OCH3 is 2. The van der Waals surface area contributed by atoms with E-state index in [9.17, 15) is 13.2 Å². The van der Waals surface area contributed by atoms with E-state index >= 15 is 4.39 Å². The molecule has 4 aromatic carbocycles. The van der Waals surface area contributed by atoms with Crippen LogP contribution in [0.1, 0.15) is 16.7 Å². The molecule has 1 aliphatic heterocycles. The van der Waals surface area contributed by atoms with Crippen LogP contribution < -0.4 is 19.5 Å². The first-order valence-electron chi connectivity index (χ1n) is 14.1. The molecular weight excluding hydrogens is 597 g/mol. The van der Waals surface area contributed by atoms with E-state index in [0.29, 0.717) is 28.2 Å². The molecule has 0 aliphatic carbocycles. The third-order valence-electron chi connectivity index (χ3n) is 7.90. The Labute approximate surface area is 260 Å². The second kappa shape index (κ2) is 11.7. The first-order valence-corrected chi connectivity index (χ1v) is 15.5. The maximum atomic E-state index is 16.0. The minimum absolute atomic E-state index is 0.0420. The highest BCUT2D eigenvalue weighted by atomic mass is 32.2. The van der Waals surface area contributed by atoms with Crippen LogP contribution in [0.15, 0.2) is 102 Å². The van der Waals surface area contributed by atoms with Gasteiger partial charge in [-0.1, -0.05) is 54.1 Å². The Kier molecular flexibility index (Phi) is 7.80. The van der Waals surface area contributed by atoms with E-state index in [1.54, 1.807) is 36.4 Å². The Morgan fingerprint density at radius 3 is 2.29 bits per heavy atom. The van der Waals surface area contributed by atoms with E-state index < -0.39 is 27.4 Å². The fraction of sp³-hybridized carbons (Fsp3) is 0.176. The van der Waals surface area contributed by atoms with Gasteiger partial charge in [0.05, 0.1) is 24.6 Å². The lowest BCUT2D eigenvalue weighted by Crippen LogP contribution is -2.49. The predicted molar refractivity (Wildman–Crippen MR) is 167 cm³/mol. The fourth-order valence-electron chi connectivity index (χ4n) is 5.63. The molecule has 2 amide bonds. The maximum absolute atomic E-state index is 16.0. The van der Waals surface area contributed by atoms with E-state index in [0.717, 1.165) is 15.4 Å². The summed E-state index contributed by atoms with van der Waals surface area (Å²) >= 11 is 0. The highest BCUT2D eigenvalue weighted by Gasteiger charge is 2.53. The summed E-state index contributed by atoms with van der Waals surface area (Å²) in [5, 5.41) is 3.28. The van der Waals surface area contributed by atoms with Crippen LogP contribution in [0, 0.1) is 12.7 Å². The van der Waals surface area contributed by atoms with Crippen LogP contribution in [0.2, 0.25) is 0 Å². The van der Waals surface area contributed by atoms with Crippen molar-refractivity contribution < 1.29 is 31.8 Å². The van der Waals surface area contributed by atoms with Crippen molar-refractivity contribution >= 4 is 27.0 Å². The monoisotopic (exact) mass is 627 g/mol. The molecule has 0 bridgehead atoms. The summed E-state index contributed by atoms with van der Waals surface area (Å²) in [6, 6.07) is 23.9. The Bertz CT molecular complexity index is 2010. The number of carbonyl (C=O) groups excluding carboxylic acids is 1. The number of halogens is 1. The number of pyridine rings is 1. The maximum Gasteiger partial charge on any atom is 0.332 e. The largest absolute Gasteiger partial charge is 0.493 e. The summed E-state index contributed by atoms with van der Waals surface area (Å²) in [5.41, 5.74) is 1.00. The van der Waals surface area contributed by atoms with Gasteiger partial charge >= 0.3 is 6.03 Å². The standard InChI is InChI=1S/C34H30FN3O6S/c1-22-9-12-25(13-10-22)45(40,41)38-33(39)37-21-34(38,20-23-7-5-4-6-8-23)24-11-14-30(27(35)17-24)44-29-15-16-36-28-19-32(43-3)31(42-2)18-26(28)29/h4-19H,20-21H2,1-3H3,(H,37,39). The van der Waals surface area contributed by atoms with E-state index in [-0.39, 0.29) is 29.2 Å². The lowest BCUT2D eigenvalue weighted by Gasteiger charge is -2.37. The number of hydrogen-bond acceptors (Lipinski definition) is 7. The molecule has 2 heterocycles. The smallest absolute Gasteiger partial charge is 0.332 e. The number of carbonyl (C=O) groups is 1. The van der Waals surface area contributed by atoms with Gasteiger partial charge in [-0.3, -0.25) is 4.98 Å². The molecule has 1 fully saturated rings. The molecule has 1 atom stereocenters. The van der Waals surface area contributed by atoms with Crippen LogP contribution in [0.25, 0.3) is 10.9 Å². The van der Waals surface area contributed by atoms with E-state index in [1.807, 2.05) is 37.3 Å². The van der Waals surface area contributed by atoms with Gasteiger partial charge in [0.1, 0.15) is 11.3 Å². The van der Waals surface area contributed by atoms with E-state index in [2.05, 4.69) is 10.3 Å². The first kappa shape index (κ1) is 29.9. The lowest BCUT2D eigenvalue weighted by atomic mass is 9.84. The molecule has 0 radical (unpaired) electrons. The number of amides is 2. The molecule has 45 heavy (non-hydrogen) atoms. The highest BCUT2D eigenvalue weighted by Crippen LogP contribution is 2.42. The number of fused-ring (bicyclic) bond motifs is 1. The number of nitrogens with zero attached hydrogens (tertiary/aromatic N) is 2. The zero-order valence-corrected chi connectivity index (χ0v) is 25.6. The minimum atomic E-state index is -4.35. The second-order valence-corrected chi connectivity index (χ2v) is 12.5. The molecule has 1 saturated heterocycles. The summed E-state index contributed by atoms with van der Waals surface area (Å²) in [6.07, 6.45) is 1.64. The van der Waals surface area contributed by atoms with Crippen molar-refractivity contribution in [2.45, 2.75) is 23.8 Å². The highest BCUT2D eigenvalue weighted by molar-refractivity contribution is 7.89. The average molecular weight is 628 g/mol. The van der Waals surface area contributed by atoms with Crippen molar-refractivity contribution in [1.29, 1.82) is 0 Å². The van der Waals surface area contributed by atoms with Crippen LogP contribution in [0.4, 0.5) is 9.18 Å². The topological polar surface area (TPSA) is 107 Å². The Morgan fingerprint density at radius 1 is 0.889 bits per heavy atom. The Morgan fingerprint density at radius 2 is 1.60 bits per heavy atom. The molecule has 1 aromatic heterocycles.